The molecule has 110 valence electrons. The van der Waals surface area contributed by atoms with Crippen molar-refractivity contribution >= 4 is 17.7 Å². The van der Waals surface area contributed by atoms with E-state index in [9.17, 15) is 4.79 Å². The quantitative estimate of drug-likeness (QED) is 0.823. The first-order valence-electron chi connectivity index (χ1n) is 7.44. The van der Waals surface area contributed by atoms with E-state index >= 15 is 0 Å². The number of ether oxygens (including phenoxy) is 1. The van der Waals surface area contributed by atoms with Gasteiger partial charge in [-0.05, 0) is 25.7 Å². The Bertz CT molecular complexity index is 302. The van der Waals surface area contributed by atoms with Crippen molar-refractivity contribution in [1.29, 1.82) is 0 Å². The van der Waals surface area contributed by atoms with Crippen molar-refractivity contribution in [2.45, 2.75) is 57.2 Å². The maximum atomic E-state index is 12.2. The third-order valence-electron chi connectivity index (χ3n) is 4.37. The Morgan fingerprint density at radius 2 is 2.26 bits per heavy atom. The summed E-state index contributed by atoms with van der Waals surface area (Å²) in [5, 5.41) is 6.51. The lowest BCUT2D eigenvalue weighted by Crippen LogP contribution is -2.54. The summed E-state index contributed by atoms with van der Waals surface area (Å²) >= 11 is 1.85. The Morgan fingerprint density at radius 3 is 2.89 bits per heavy atom. The second-order valence-electron chi connectivity index (χ2n) is 5.52. The SMILES string of the molecule is CCC1(CC)CC(NC(=O)C2CSCCN2)CCO1. The van der Waals surface area contributed by atoms with Crippen LogP contribution in [0.25, 0.3) is 0 Å². The summed E-state index contributed by atoms with van der Waals surface area (Å²) in [5.41, 5.74) is -0.0229. The van der Waals surface area contributed by atoms with Crippen LogP contribution in [0.2, 0.25) is 0 Å². The molecule has 0 aromatic carbocycles. The van der Waals surface area contributed by atoms with E-state index in [0.717, 1.165) is 50.3 Å². The molecule has 5 heteroatoms. The largest absolute Gasteiger partial charge is 0.375 e. The molecule has 2 rings (SSSR count). The van der Waals surface area contributed by atoms with Crippen LogP contribution in [-0.2, 0) is 9.53 Å². The lowest BCUT2D eigenvalue weighted by molar-refractivity contribution is -0.127. The minimum Gasteiger partial charge on any atom is -0.375 e. The predicted octanol–water partition coefficient (Wildman–Crippen LogP) is 1.55. The van der Waals surface area contributed by atoms with E-state index in [2.05, 4.69) is 24.5 Å². The van der Waals surface area contributed by atoms with Crippen LogP contribution in [0.5, 0.6) is 0 Å². The van der Waals surface area contributed by atoms with Crippen LogP contribution in [0.3, 0.4) is 0 Å². The molecule has 0 spiro atoms. The fraction of sp³-hybridized carbons (Fsp3) is 0.929. The molecule has 4 nitrogen and oxygen atoms in total. The summed E-state index contributed by atoms with van der Waals surface area (Å²) in [6.45, 7) is 6.05. The predicted molar refractivity (Wildman–Crippen MR) is 79.5 cm³/mol. The Labute approximate surface area is 120 Å². The lowest BCUT2D eigenvalue weighted by atomic mass is 9.86. The number of thioether (sulfide) groups is 1. The molecule has 0 aliphatic carbocycles. The number of rotatable bonds is 4. The summed E-state index contributed by atoms with van der Waals surface area (Å²) in [6.07, 6.45) is 3.93. The fourth-order valence-electron chi connectivity index (χ4n) is 2.93. The molecule has 2 fully saturated rings. The van der Waals surface area contributed by atoms with Gasteiger partial charge >= 0.3 is 0 Å². The minimum absolute atomic E-state index is 0.0146. The summed E-state index contributed by atoms with van der Waals surface area (Å²) < 4.78 is 5.95. The van der Waals surface area contributed by atoms with Gasteiger partial charge in [-0.15, -0.1) is 0 Å². The molecule has 2 aliphatic heterocycles. The maximum absolute atomic E-state index is 12.2. The Kier molecular flexibility index (Phi) is 5.54. The second-order valence-corrected chi connectivity index (χ2v) is 6.67. The Balaban J connectivity index is 1.86. The van der Waals surface area contributed by atoms with Gasteiger partial charge in [-0.25, -0.2) is 0 Å². The fourth-order valence-corrected chi connectivity index (χ4v) is 3.86. The number of carbonyl (C=O) groups is 1. The van der Waals surface area contributed by atoms with Crippen LogP contribution < -0.4 is 10.6 Å². The van der Waals surface area contributed by atoms with E-state index in [1.165, 1.54) is 0 Å². The van der Waals surface area contributed by atoms with Gasteiger partial charge in [-0.1, -0.05) is 13.8 Å². The maximum Gasteiger partial charge on any atom is 0.238 e. The van der Waals surface area contributed by atoms with Crippen LogP contribution in [0, 0.1) is 0 Å². The smallest absolute Gasteiger partial charge is 0.238 e. The highest BCUT2D eigenvalue weighted by molar-refractivity contribution is 7.99. The van der Waals surface area contributed by atoms with E-state index < -0.39 is 0 Å². The molecule has 1 amide bonds. The normalized spacial score (nSPS) is 30.8. The molecule has 2 N–H and O–H groups in total. The molecule has 0 radical (unpaired) electrons. The summed E-state index contributed by atoms with van der Waals surface area (Å²) in [6, 6.07) is 0.258. The van der Waals surface area contributed by atoms with Crippen molar-refractivity contribution in [2.75, 3.05) is 24.7 Å². The van der Waals surface area contributed by atoms with E-state index in [1.54, 1.807) is 0 Å². The van der Waals surface area contributed by atoms with Gasteiger partial charge in [0, 0.05) is 30.7 Å². The first-order valence-corrected chi connectivity index (χ1v) is 8.60. The Morgan fingerprint density at radius 1 is 1.47 bits per heavy atom. The van der Waals surface area contributed by atoms with Gasteiger partial charge in [0.25, 0.3) is 0 Å². The molecule has 2 saturated heterocycles. The van der Waals surface area contributed by atoms with E-state index in [0.29, 0.717) is 0 Å². The van der Waals surface area contributed by atoms with Crippen molar-refractivity contribution in [3.63, 3.8) is 0 Å². The minimum atomic E-state index is -0.0229. The van der Waals surface area contributed by atoms with Gasteiger partial charge in [0.1, 0.15) is 0 Å². The van der Waals surface area contributed by atoms with Gasteiger partial charge in [0.15, 0.2) is 0 Å². The first kappa shape index (κ1) is 15.1. The highest BCUT2D eigenvalue weighted by atomic mass is 32.2. The van der Waals surface area contributed by atoms with E-state index in [1.807, 2.05) is 11.8 Å². The average Bonchev–Trinajstić information content (AvgIpc) is 2.48. The first-order chi connectivity index (χ1) is 9.19. The van der Waals surface area contributed by atoms with E-state index in [4.69, 9.17) is 4.74 Å². The zero-order chi connectivity index (χ0) is 13.7. The molecular weight excluding hydrogens is 260 g/mol. The molecule has 2 heterocycles. The molecule has 2 unspecified atom stereocenters. The average molecular weight is 286 g/mol. The molecular formula is C14H26N2O2S. The second kappa shape index (κ2) is 6.95. The molecule has 0 aromatic rings. The zero-order valence-electron chi connectivity index (χ0n) is 12.0. The van der Waals surface area contributed by atoms with Gasteiger partial charge in [0.05, 0.1) is 11.6 Å². The highest BCUT2D eigenvalue weighted by Crippen LogP contribution is 2.31. The molecule has 0 saturated carbocycles. The molecule has 19 heavy (non-hydrogen) atoms. The van der Waals surface area contributed by atoms with Gasteiger partial charge in [0.2, 0.25) is 5.91 Å². The lowest BCUT2D eigenvalue weighted by Gasteiger charge is -2.40. The van der Waals surface area contributed by atoms with Crippen LogP contribution in [0.15, 0.2) is 0 Å². The summed E-state index contributed by atoms with van der Waals surface area (Å²) in [5.74, 6) is 2.16. The number of hydrogen-bond acceptors (Lipinski definition) is 4. The topological polar surface area (TPSA) is 50.4 Å². The zero-order valence-corrected chi connectivity index (χ0v) is 12.9. The third kappa shape index (κ3) is 3.86. The number of amides is 1. The standard InChI is InChI=1S/C14H26N2O2S/c1-3-14(4-2)9-11(5-7-18-14)16-13(17)12-10-19-8-6-15-12/h11-12,15H,3-10H2,1-2H3,(H,16,17). The molecule has 0 aromatic heterocycles. The van der Waals surface area contributed by atoms with Crippen molar-refractivity contribution in [3.8, 4) is 0 Å². The molecule has 2 atom stereocenters. The van der Waals surface area contributed by atoms with Crippen LogP contribution in [0.4, 0.5) is 0 Å². The van der Waals surface area contributed by atoms with Gasteiger partial charge < -0.3 is 15.4 Å². The monoisotopic (exact) mass is 286 g/mol. The number of carbonyl (C=O) groups excluding carboxylic acids is 1. The van der Waals surface area contributed by atoms with Crippen molar-refractivity contribution in [2.24, 2.45) is 0 Å². The van der Waals surface area contributed by atoms with Gasteiger partial charge in [-0.2, -0.15) is 11.8 Å². The van der Waals surface area contributed by atoms with E-state index in [-0.39, 0.29) is 23.6 Å². The highest BCUT2D eigenvalue weighted by Gasteiger charge is 2.35. The Hall–Kier alpha value is -0.260. The van der Waals surface area contributed by atoms with Gasteiger partial charge in [-0.3, -0.25) is 4.79 Å². The number of hydrogen-bond donors (Lipinski definition) is 2. The van der Waals surface area contributed by atoms with Crippen molar-refractivity contribution in [3.05, 3.63) is 0 Å². The van der Waals surface area contributed by atoms with Crippen LogP contribution in [-0.4, -0.2) is 48.2 Å². The van der Waals surface area contributed by atoms with Crippen LogP contribution in [0.1, 0.15) is 39.5 Å². The molecule has 0 bridgehead atoms. The van der Waals surface area contributed by atoms with Crippen LogP contribution >= 0.6 is 11.8 Å². The molecule has 2 aliphatic rings. The van der Waals surface area contributed by atoms with Crippen molar-refractivity contribution in [1.82, 2.24) is 10.6 Å². The summed E-state index contributed by atoms with van der Waals surface area (Å²) in [7, 11) is 0. The number of nitrogens with one attached hydrogen (secondary N) is 2. The third-order valence-corrected chi connectivity index (χ3v) is 5.43. The summed E-state index contributed by atoms with van der Waals surface area (Å²) in [4.78, 5) is 12.2. The van der Waals surface area contributed by atoms with Crippen molar-refractivity contribution < 1.29 is 9.53 Å².